The molecule has 6 heteroatoms. The number of hydrogen-bond acceptors (Lipinski definition) is 6. The van der Waals surface area contributed by atoms with Crippen LogP contribution in [0.1, 0.15) is 0 Å². The third-order valence-corrected chi connectivity index (χ3v) is 1.98. The van der Waals surface area contributed by atoms with E-state index in [1.807, 2.05) is 0 Å². The average Bonchev–Trinajstić information content (AvgIpc) is 2.09. The standard InChI is InChI=1S/C6H13NO5/c7-2-6(11)5(10)4(9)3(8)1-12-6/h3-5,8-11H,1-2,7H2/t3-,4-,5+,6-/m1/s1. The molecule has 0 aromatic carbocycles. The minimum Gasteiger partial charge on any atom is -0.388 e. The van der Waals surface area contributed by atoms with Gasteiger partial charge in [0.05, 0.1) is 6.61 Å². The van der Waals surface area contributed by atoms with Crippen LogP contribution in [0.25, 0.3) is 0 Å². The van der Waals surface area contributed by atoms with E-state index in [-0.39, 0.29) is 13.2 Å². The molecule has 0 aliphatic carbocycles. The largest absolute Gasteiger partial charge is 0.388 e. The average molecular weight is 179 g/mol. The normalized spacial score (nSPS) is 49.2. The van der Waals surface area contributed by atoms with Gasteiger partial charge in [0.2, 0.25) is 5.79 Å². The maximum absolute atomic E-state index is 9.37. The molecular formula is C6H13NO5. The van der Waals surface area contributed by atoms with E-state index >= 15 is 0 Å². The highest BCUT2D eigenvalue weighted by Crippen LogP contribution is 2.22. The Kier molecular flexibility index (Phi) is 2.67. The van der Waals surface area contributed by atoms with Gasteiger partial charge in [-0.2, -0.15) is 0 Å². The number of ether oxygens (including phenoxy) is 1. The van der Waals surface area contributed by atoms with Crippen molar-refractivity contribution in [3.8, 4) is 0 Å². The van der Waals surface area contributed by atoms with Crippen molar-refractivity contribution in [1.29, 1.82) is 0 Å². The Morgan fingerprint density at radius 1 is 1.42 bits per heavy atom. The first-order valence-electron chi connectivity index (χ1n) is 3.62. The Hall–Kier alpha value is -0.240. The summed E-state index contributed by atoms with van der Waals surface area (Å²) in [4.78, 5) is 0. The zero-order valence-electron chi connectivity index (χ0n) is 6.42. The quantitative estimate of drug-likeness (QED) is 0.288. The van der Waals surface area contributed by atoms with Crippen molar-refractivity contribution < 1.29 is 25.2 Å². The summed E-state index contributed by atoms with van der Waals surface area (Å²) in [5, 5.41) is 36.7. The maximum atomic E-state index is 9.37. The lowest BCUT2D eigenvalue weighted by Crippen LogP contribution is -2.63. The van der Waals surface area contributed by atoms with Crippen molar-refractivity contribution in [3.05, 3.63) is 0 Å². The van der Waals surface area contributed by atoms with Crippen LogP contribution in [0, 0.1) is 0 Å². The van der Waals surface area contributed by atoms with Gasteiger partial charge in [0.15, 0.2) is 0 Å². The van der Waals surface area contributed by atoms with Crippen LogP contribution in [0.4, 0.5) is 0 Å². The van der Waals surface area contributed by atoms with Gasteiger partial charge in [-0.15, -0.1) is 0 Å². The van der Waals surface area contributed by atoms with Crippen LogP contribution < -0.4 is 5.73 Å². The van der Waals surface area contributed by atoms with Gasteiger partial charge < -0.3 is 30.9 Å². The molecule has 1 aliphatic heterocycles. The van der Waals surface area contributed by atoms with Crippen molar-refractivity contribution in [3.63, 3.8) is 0 Å². The molecule has 1 rings (SSSR count). The van der Waals surface area contributed by atoms with E-state index in [1.54, 1.807) is 0 Å². The number of nitrogens with two attached hydrogens (primary N) is 1. The molecule has 72 valence electrons. The first kappa shape index (κ1) is 9.85. The Morgan fingerprint density at radius 3 is 2.50 bits per heavy atom. The first-order valence-corrected chi connectivity index (χ1v) is 3.62. The van der Waals surface area contributed by atoms with Gasteiger partial charge in [-0.05, 0) is 0 Å². The molecule has 0 aromatic heterocycles. The van der Waals surface area contributed by atoms with E-state index in [4.69, 9.17) is 15.9 Å². The van der Waals surface area contributed by atoms with Gasteiger partial charge in [-0.1, -0.05) is 0 Å². The van der Waals surface area contributed by atoms with Gasteiger partial charge >= 0.3 is 0 Å². The molecule has 0 aromatic rings. The molecule has 1 saturated heterocycles. The van der Waals surface area contributed by atoms with Crippen LogP contribution in [0.15, 0.2) is 0 Å². The molecule has 0 radical (unpaired) electrons. The fourth-order valence-electron chi connectivity index (χ4n) is 1.07. The summed E-state index contributed by atoms with van der Waals surface area (Å²) in [6.45, 7) is -0.579. The fourth-order valence-corrected chi connectivity index (χ4v) is 1.07. The number of aliphatic hydroxyl groups is 4. The molecule has 6 nitrogen and oxygen atoms in total. The highest BCUT2D eigenvalue weighted by Gasteiger charge is 2.47. The molecule has 0 bridgehead atoms. The lowest BCUT2D eigenvalue weighted by Gasteiger charge is -2.40. The van der Waals surface area contributed by atoms with Crippen molar-refractivity contribution in [1.82, 2.24) is 0 Å². The summed E-state index contributed by atoms with van der Waals surface area (Å²) in [7, 11) is 0. The monoisotopic (exact) mass is 179 g/mol. The molecule has 4 atom stereocenters. The van der Waals surface area contributed by atoms with Gasteiger partial charge in [0.1, 0.15) is 18.3 Å². The van der Waals surface area contributed by atoms with Crippen LogP contribution in [0.2, 0.25) is 0 Å². The molecule has 6 N–H and O–H groups in total. The highest BCUT2D eigenvalue weighted by molar-refractivity contribution is 4.91. The lowest BCUT2D eigenvalue weighted by molar-refractivity contribution is -0.315. The topological polar surface area (TPSA) is 116 Å². The Morgan fingerprint density at radius 2 is 2.00 bits per heavy atom. The minimum atomic E-state index is -1.95. The fraction of sp³-hybridized carbons (Fsp3) is 1.00. The first-order chi connectivity index (χ1) is 5.51. The zero-order valence-corrected chi connectivity index (χ0v) is 6.42. The summed E-state index contributed by atoms with van der Waals surface area (Å²) >= 11 is 0. The second kappa shape index (κ2) is 3.25. The maximum Gasteiger partial charge on any atom is 0.207 e. The molecule has 1 fully saturated rings. The number of rotatable bonds is 1. The SMILES string of the molecule is NC[C@@]1(O)OC[C@@H](O)[C@@H](O)[C@@H]1O. The number of aliphatic hydroxyl groups excluding tert-OH is 3. The van der Waals surface area contributed by atoms with Gasteiger partial charge in [0.25, 0.3) is 0 Å². The van der Waals surface area contributed by atoms with Crippen molar-refractivity contribution in [2.45, 2.75) is 24.1 Å². The third kappa shape index (κ3) is 1.45. The highest BCUT2D eigenvalue weighted by atomic mass is 16.6. The van der Waals surface area contributed by atoms with E-state index in [2.05, 4.69) is 4.74 Å². The van der Waals surface area contributed by atoms with E-state index in [0.29, 0.717) is 0 Å². The van der Waals surface area contributed by atoms with Gasteiger partial charge in [-0.25, -0.2) is 0 Å². The van der Waals surface area contributed by atoms with E-state index in [0.717, 1.165) is 0 Å². The molecule has 12 heavy (non-hydrogen) atoms. The molecule has 1 aliphatic rings. The van der Waals surface area contributed by atoms with Crippen LogP contribution in [-0.2, 0) is 4.74 Å². The van der Waals surface area contributed by atoms with E-state index in [1.165, 1.54) is 0 Å². The Bertz CT molecular complexity index is 166. The smallest absolute Gasteiger partial charge is 0.207 e. The Labute approximate surface area is 69.2 Å². The van der Waals surface area contributed by atoms with Crippen molar-refractivity contribution >= 4 is 0 Å². The number of hydrogen-bond donors (Lipinski definition) is 5. The zero-order chi connectivity index (χ0) is 9.35. The second-order valence-corrected chi connectivity index (χ2v) is 2.86. The summed E-state index contributed by atoms with van der Waals surface area (Å²) in [6, 6.07) is 0. The molecule has 0 saturated carbocycles. The Balaban J connectivity index is 2.71. The lowest BCUT2D eigenvalue weighted by atomic mass is 9.97. The van der Waals surface area contributed by atoms with Crippen molar-refractivity contribution in [2.24, 2.45) is 5.73 Å². The second-order valence-electron chi connectivity index (χ2n) is 2.86. The summed E-state index contributed by atoms with van der Waals surface area (Å²) < 4.78 is 4.68. The van der Waals surface area contributed by atoms with E-state index in [9.17, 15) is 10.2 Å². The third-order valence-electron chi connectivity index (χ3n) is 1.98. The van der Waals surface area contributed by atoms with Gasteiger partial charge in [0, 0.05) is 6.54 Å². The van der Waals surface area contributed by atoms with Crippen LogP contribution in [0.5, 0.6) is 0 Å². The van der Waals surface area contributed by atoms with Crippen LogP contribution >= 0.6 is 0 Å². The summed E-state index contributed by atoms with van der Waals surface area (Å²) in [6.07, 6.45) is -4.19. The summed E-state index contributed by atoms with van der Waals surface area (Å²) in [5.74, 6) is -1.95. The minimum absolute atomic E-state index is 0.244. The van der Waals surface area contributed by atoms with Crippen molar-refractivity contribution in [2.75, 3.05) is 13.2 Å². The molecule has 0 unspecified atom stereocenters. The molecule has 0 amide bonds. The van der Waals surface area contributed by atoms with E-state index < -0.39 is 24.1 Å². The summed E-state index contributed by atoms with van der Waals surface area (Å²) in [5.41, 5.74) is 5.11. The predicted octanol–water partition coefficient (Wildman–Crippen LogP) is -3.25. The molecule has 0 spiro atoms. The predicted molar refractivity (Wildman–Crippen MR) is 38.0 cm³/mol. The van der Waals surface area contributed by atoms with Gasteiger partial charge in [-0.3, -0.25) is 0 Å². The molecule has 1 heterocycles. The van der Waals surface area contributed by atoms with Crippen LogP contribution in [-0.4, -0.2) is 57.7 Å². The molecular weight excluding hydrogens is 166 g/mol. The van der Waals surface area contributed by atoms with Crippen LogP contribution in [0.3, 0.4) is 0 Å².